The van der Waals surface area contributed by atoms with Gasteiger partial charge in [-0.15, -0.1) is 0 Å². The summed E-state index contributed by atoms with van der Waals surface area (Å²) in [5, 5.41) is 8.86. The summed E-state index contributed by atoms with van der Waals surface area (Å²) in [6.07, 6.45) is 8.19. The summed E-state index contributed by atoms with van der Waals surface area (Å²) in [5.41, 5.74) is 16.9. The number of carbonyl (C=O) groups excluding carboxylic acids is 4. The lowest BCUT2D eigenvalue weighted by Gasteiger charge is -2.27. The molecule has 16 heteroatoms. The number of fused-ring (bicyclic) bond motifs is 8. The molecule has 4 aromatic rings. The van der Waals surface area contributed by atoms with Crippen molar-refractivity contribution in [2.75, 3.05) is 66.3 Å². The summed E-state index contributed by atoms with van der Waals surface area (Å²) >= 11 is 0. The number of aryl methyl sites for hydroxylation is 2. The predicted molar refractivity (Wildman–Crippen MR) is 252 cm³/mol. The molecule has 7 heterocycles. The summed E-state index contributed by atoms with van der Waals surface area (Å²) in [7, 11) is 1.73. The molecule has 0 unspecified atom stereocenters. The SMILES string of the molecule is CCC1=C(C)c2cc3[nH]c(cc4nc(c5c6[nH]c(cc1n2)c(C)c6C(=O)N(CCc1ccncc1)C5=O)[C@@H](CCC(=O)N(C)CCN)[C@@H]4C)c(C)c3/C=C/C(=O)OCCOCCOCCO. The molecule has 7 rings (SSSR count). The van der Waals surface area contributed by atoms with Crippen molar-refractivity contribution in [2.24, 2.45) is 5.73 Å². The molecule has 16 nitrogen and oxygen atoms in total. The van der Waals surface area contributed by atoms with E-state index in [1.165, 1.54) is 11.0 Å². The number of hydrogen-bond acceptors (Lipinski definition) is 12. The Balaban J connectivity index is 1.40. The van der Waals surface area contributed by atoms with E-state index in [0.717, 1.165) is 44.7 Å². The van der Waals surface area contributed by atoms with Gasteiger partial charge in [0.05, 0.1) is 66.8 Å². The number of aromatic nitrogens is 5. The largest absolute Gasteiger partial charge is 0.460 e. The lowest BCUT2D eigenvalue weighted by Crippen LogP contribution is -2.42. The van der Waals surface area contributed by atoms with Crippen molar-refractivity contribution in [1.29, 1.82) is 0 Å². The normalized spacial score (nSPS) is 15.9. The van der Waals surface area contributed by atoms with Gasteiger partial charge >= 0.3 is 5.97 Å². The molecule has 4 aromatic heterocycles. The highest BCUT2D eigenvalue weighted by molar-refractivity contribution is 6.23. The van der Waals surface area contributed by atoms with Gasteiger partial charge in [0.15, 0.2) is 0 Å². The first kappa shape index (κ1) is 47.6. The van der Waals surface area contributed by atoms with Crippen LogP contribution in [0.15, 0.2) is 48.8 Å². The average Bonchev–Trinajstić information content (AvgIpc) is 3.98. The average molecular weight is 901 g/mol. The Labute approximate surface area is 384 Å². The van der Waals surface area contributed by atoms with Crippen molar-refractivity contribution >= 4 is 63.0 Å². The summed E-state index contributed by atoms with van der Waals surface area (Å²) in [6, 6.07) is 9.63. The lowest BCUT2D eigenvalue weighted by molar-refractivity contribution is -0.139. The Hall–Kier alpha value is -6.33. The highest BCUT2D eigenvalue weighted by atomic mass is 16.6. The second-order valence-corrected chi connectivity index (χ2v) is 16.8. The van der Waals surface area contributed by atoms with Crippen LogP contribution in [0, 0.1) is 13.8 Å². The number of nitrogens with zero attached hydrogens (tertiary/aromatic N) is 5. The van der Waals surface area contributed by atoms with E-state index in [2.05, 4.69) is 21.9 Å². The minimum Gasteiger partial charge on any atom is -0.460 e. The van der Waals surface area contributed by atoms with Crippen molar-refractivity contribution in [2.45, 2.75) is 72.1 Å². The Morgan fingerprint density at radius 2 is 1.61 bits per heavy atom. The van der Waals surface area contributed by atoms with Crippen LogP contribution in [0.1, 0.15) is 118 Å². The number of imide groups is 1. The molecule has 0 saturated heterocycles. The van der Waals surface area contributed by atoms with E-state index in [1.54, 1.807) is 30.4 Å². The van der Waals surface area contributed by atoms with Crippen molar-refractivity contribution in [1.82, 2.24) is 34.7 Å². The van der Waals surface area contributed by atoms with E-state index in [-0.39, 0.29) is 63.0 Å². The Bertz CT molecular complexity index is 2720. The van der Waals surface area contributed by atoms with Crippen LogP contribution in [0.3, 0.4) is 0 Å². The third-order valence-corrected chi connectivity index (χ3v) is 12.7. The fourth-order valence-electron chi connectivity index (χ4n) is 8.93. The number of aromatic amines is 2. The molecule has 348 valence electrons. The van der Waals surface area contributed by atoms with Crippen LogP contribution in [-0.4, -0.2) is 130 Å². The van der Waals surface area contributed by atoms with E-state index in [4.69, 9.17) is 35.0 Å². The minimum absolute atomic E-state index is 0.0525. The third-order valence-electron chi connectivity index (χ3n) is 12.7. The quantitative estimate of drug-likeness (QED) is 0.0359. The van der Waals surface area contributed by atoms with Crippen LogP contribution < -0.4 is 5.73 Å². The molecule has 66 heavy (non-hydrogen) atoms. The zero-order valence-electron chi connectivity index (χ0n) is 38.7. The Morgan fingerprint density at radius 1 is 0.909 bits per heavy atom. The highest BCUT2D eigenvalue weighted by Gasteiger charge is 2.41. The van der Waals surface area contributed by atoms with Crippen molar-refractivity contribution in [3.8, 4) is 0 Å². The molecule has 0 fully saturated rings. The molecule has 0 aromatic carbocycles. The molecule has 2 atom stereocenters. The maximum atomic E-state index is 15.1. The first-order chi connectivity index (χ1) is 31.9. The number of pyridine rings is 1. The second kappa shape index (κ2) is 21.3. The molecule has 0 radical (unpaired) electrons. The number of allylic oxidation sites excluding steroid dienone is 2. The van der Waals surface area contributed by atoms with E-state index in [0.29, 0.717) is 90.2 Å². The van der Waals surface area contributed by atoms with Crippen molar-refractivity contribution < 1.29 is 38.5 Å². The van der Waals surface area contributed by atoms with Gasteiger partial charge in [0.25, 0.3) is 11.8 Å². The zero-order valence-corrected chi connectivity index (χ0v) is 38.7. The minimum atomic E-state index is -0.539. The van der Waals surface area contributed by atoms with Crippen LogP contribution >= 0.6 is 0 Å². The van der Waals surface area contributed by atoms with E-state index >= 15 is 4.79 Å². The van der Waals surface area contributed by atoms with Crippen LogP contribution in [-0.2, 0) is 30.2 Å². The molecular formula is C50H60N8O8. The highest BCUT2D eigenvalue weighted by Crippen LogP contribution is 2.44. The molecule has 3 aliphatic heterocycles. The van der Waals surface area contributed by atoms with Gasteiger partial charge in [-0.3, -0.25) is 29.3 Å². The van der Waals surface area contributed by atoms with Crippen molar-refractivity contribution in [3.05, 3.63) is 105 Å². The van der Waals surface area contributed by atoms with Gasteiger partial charge in [-0.2, -0.15) is 0 Å². The number of ether oxygens (including phenoxy) is 3. The summed E-state index contributed by atoms with van der Waals surface area (Å²) in [5.74, 6) is -2.08. The fraction of sp³-hybridized carbons (Fsp3) is 0.420. The van der Waals surface area contributed by atoms with Gasteiger partial charge < -0.3 is 39.9 Å². The molecule has 3 aliphatic rings. The number of H-pyrrole nitrogens is 2. The molecule has 0 spiro atoms. The number of nitrogens with one attached hydrogen (secondary N) is 2. The Kier molecular flexibility index (Phi) is 15.4. The van der Waals surface area contributed by atoms with E-state index < -0.39 is 11.9 Å². The molecule has 5 N–H and O–H groups in total. The third kappa shape index (κ3) is 10.1. The van der Waals surface area contributed by atoms with Gasteiger partial charge in [-0.1, -0.05) is 13.8 Å². The predicted octanol–water partition coefficient (Wildman–Crippen LogP) is 6.17. The fourth-order valence-corrected chi connectivity index (χ4v) is 8.93. The zero-order chi connectivity index (χ0) is 47.1. The summed E-state index contributed by atoms with van der Waals surface area (Å²) in [4.78, 5) is 80.7. The first-order valence-electron chi connectivity index (χ1n) is 22.7. The number of carbonyl (C=O) groups is 4. The van der Waals surface area contributed by atoms with E-state index in [1.807, 2.05) is 58.0 Å². The maximum Gasteiger partial charge on any atom is 0.330 e. The van der Waals surface area contributed by atoms with E-state index in [9.17, 15) is 14.4 Å². The number of aliphatic hydroxyl groups is 1. The standard InChI is InChI=1S/C50H60N8O8/c1-7-34-29(2)38-27-42-35(9-11-44(61)66-25-24-65-23-22-64-21-20-59)30(3)37(54-42)26-39-31(4)36(8-10-43(60)57(6)19-15-51)47(55-39)46-48-45(32(5)40(56-48)28-41(34)53-38)49(62)58(50(46)63)18-14-33-12-16-52-17-13-33/h9,11-13,16-17,26-28,31,36,54,56,59H,7-8,10,14-15,18-25,51H2,1-6H3/b11-9+,37-26?,38-27?,39-26?,40-28?,41-28?,42-27?,47-46?/t31-,36-/m0/s1. The summed E-state index contributed by atoms with van der Waals surface area (Å²) < 4.78 is 16.1. The van der Waals surface area contributed by atoms with Crippen LogP contribution in [0.25, 0.3) is 39.3 Å². The number of hydrogen-bond donors (Lipinski definition) is 4. The maximum absolute atomic E-state index is 15.1. The van der Waals surface area contributed by atoms with Crippen LogP contribution in [0.5, 0.6) is 0 Å². The molecule has 0 saturated carbocycles. The van der Waals surface area contributed by atoms with Gasteiger partial charge in [0.1, 0.15) is 6.61 Å². The number of nitrogens with two attached hydrogens (primary N) is 1. The number of esters is 1. The van der Waals surface area contributed by atoms with Crippen LogP contribution in [0.2, 0.25) is 0 Å². The second-order valence-electron chi connectivity index (χ2n) is 16.8. The van der Waals surface area contributed by atoms with Gasteiger partial charge in [0, 0.05) is 91.2 Å². The first-order valence-corrected chi connectivity index (χ1v) is 22.7. The topological polar surface area (TPSA) is 219 Å². The van der Waals surface area contributed by atoms with Crippen LogP contribution in [0.4, 0.5) is 0 Å². The van der Waals surface area contributed by atoms with Gasteiger partial charge in [0.2, 0.25) is 5.91 Å². The van der Waals surface area contributed by atoms with Gasteiger partial charge in [-0.05, 0) is 104 Å². The molecule has 8 bridgehead atoms. The summed E-state index contributed by atoms with van der Waals surface area (Å²) in [6.45, 7) is 11.9. The van der Waals surface area contributed by atoms with Gasteiger partial charge in [-0.25, -0.2) is 9.78 Å². The monoisotopic (exact) mass is 900 g/mol. The number of amides is 3. The van der Waals surface area contributed by atoms with Crippen molar-refractivity contribution in [3.63, 3.8) is 0 Å². The molecule has 0 aliphatic carbocycles. The molecule has 3 amide bonds. The smallest absolute Gasteiger partial charge is 0.330 e. The number of likely N-dealkylation sites (N-methyl/N-ethyl adjacent to an activating group) is 1. The number of aliphatic hydroxyl groups excluding tert-OH is 1. The molecular weight excluding hydrogens is 841 g/mol. The Morgan fingerprint density at radius 3 is 2.33 bits per heavy atom. The lowest BCUT2D eigenvalue weighted by atomic mass is 9.84. The number of rotatable bonds is 19.